The van der Waals surface area contributed by atoms with Crippen LogP contribution in [0.5, 0.6) is 0 Å². The largest absolute Gasteiger partial charge is 0.399 e. The van der Waals surface area contributed by atoms with Crippen LogP contribution >= 0.6 is 0 Å². The number of nitrogens with two attached hydrogens (primary N) is 1. The number of rotatable bonds is 1. The van der Waals surface area contributed by atoms with Gasteiger partial charge in [-0.3, -0.25) is 0 Å². The summed E-state index contributed by atoms with van der Waals surface area (Å²) in [5.74, 6) is 0. The highest BCUT2D eigenvalue weighted by atomic mass is 15.0. The molecule has 0 bridgehead atoms. The topological polar surface area (TPSA) is 30.9 Å². The fourth-order valence-corrected chi connectivity index (χ4v) is 3.00. The normalized spacial score (nSPS) is 11.3. The van der Waals surface area contributed by atoms with E-state index in [0.29, 0.717) is 0 Å². The standard InChI is InChI=1S/C19H16N2/c1-13-7-9-16-17-10-8-14(20)12-19(17)21(18(16)11-13)15-5-3-2-4-6-15/h2-12H,20H2,1H3. The van der Waals surface area contributed by atoms with E-state index in [1.54, 1.807) is 0 Å². The molecule has 0 saturated carbocycles. The van der Waals surface area contributed by atoms with Crippen molar-refractivity contribution in [2.75, 3.05) is 5.73 Å². The Morgan fingerprint density at radius 2 is 1.43 bits per heavy atom. The Hall–Kier alpha value is -2.74. The molecule has 0 unspecified atom stereocenters. The van der Waals surface area contributed by atoms with Crippen molar-refractivity contribution < 1.29 is 0 Å². The summed E-state index contributed by atoms with van der Waals surface area (Å²) in [5, 5.41) is 2.50. The molecule has 0 fully saturated rings. The second-order valence-corrected chi connectivity index (χ2v) is 5.47. The third kappa shape index (κ3) is 1.80. The lowest BCUT2D eigenvalue weighted by atomic mass is 10.1. The summed E-state index contributed by atoms with van der Waals surface area (Å²) < 4.78 is 2.29. The third-order valence-electron chi connectivity index (χ3n) is 3.96. The van der Waals surface area contributed by atoms with E-state index < -0.39 is 0 Å². The maximum Gasteiger partial charge on any atom is 0.0561 e. The van der Waals surface area contributed by atoms with E-state index in [0.717, 1.165) is 16.9 Å². The zero-order chi connectivity index (χ0) is 14.4. The van der Waals surface area contributed by atoms with Crippen LogP contribution < -0.4 is 5.73 Å². The van der Waals surface area contributed by atoms with Crippen molar-refractivity contribution in [3.8, 4) is 5.69 Å². The Morgan fingerprint density at radius 3 is 2.19 bits per heavy atom. The fraction of sp³-hybridized carbons (Fsp3) is 0.0526. The summed E-state index contributed by atoms with van der Waals surface area (Å²) in [6.07, 6.45) is 0. The molecule has 1 heterocycles. The zero-order valence-corrected chi connectivity index (χ0v) is 11.9. The molecular formula is C19H16N2. The van der Waals surface area contributed by atoms with Gasteiger partial charge in [0.05, 0.1) is 11.0 Å². The summed E-state index contributed by atoms with van der Waals surface area (Å²) in [6.45, 7) is 2.13. The molecule has 0 radical (unpaired) electrons. The van der Waals surface area contributed by atoms with E-state index in [1.165, 1.54) is 21.9 Å². The monoisotopic (exact) mass is 272 g/mol. The molecule has 21 heavy (non-hydrogen) atoms. The van der Waals surface area contributed by atoms with Gasteiger partial charge in [0.2, 0.25) is 0 Å². The predicted octanol–water partition coefficient (Wildman–Crippen LogP) is 4.67. The SMILES string of the molecule is Cc1ccc2c3ccc(N)cc3n(-c3ccccc3)c2c1. The van der Waals surface area contributed by atoms with Crippen molar-refractivity contribution in [2.45, 2.75) is 6.92 Å². The Kier molecular flexibility index (Phi) is 2.51. The van der Waals surface area contributed by atoms with Crippen molar-refractivity contribution in [3.05, 3.63) is 72.3 Å². The Morgan fingerprint density at radius 1 is 0.762 bits per heavy atom. The van der Waals surface area contributed by atoms with Crippen LogP contribution in [0.3, 0.4) is 0 Å². The molecule has 102 valence electrons. The summed E-state index contributed by atoms with van der Waals surface area (Å²) in [5.41, 5.74) is 11.6. The van der Waals surface area contributed by atoms with Crippen LogP contribution in [0.2, 0.25) is 0 Å². The van der Waals surface area contributed by atoms with Gasteiger partial charge in [-0.05, 0) is 42.8 Å². The molecule has 1 aromatic heterocycles. The van der Waals surface area contributed by atoms with Gasteiger partial charge >= 0.3 is 0 Å². The van der Waals surface area contributed by atoms with Crippen LogP contribution in [-0.2, 0) is 0 Å². The number of hydrogen-bond acceptors (Lipinski definition) is 1. The smallest absolute Gasteiger partial charge is 0.0561 e. The van der Waals surface area contributed by atoms with E-state index in [1.807, 2.05) is 12.1 Å². The zero-order valence-electron chi connectivity index (χ0n) is 11.9. The van der Waals surface area contributed by atoms with E-state index in [-0.39, 0.29) is 0 Å². The summed E-state index contributed by atoms with van der Waals surface area (Å²) >= 11 is 0. The predicted molar refractivity (Wildman–Crippen MR) is 89.9 cm³/mol. The molecule has 0 atom stereocenters. The molecule has 0 amide bonds. The van der Waals surface area contributed by atoms with Gasteiger partial charge < -0.3 is 10.3 Å². The molecule has 2 heteroatoms. The Labute approximate surface area is 123 Å². The minimum Gasteiger partial charge on any atom is -0.399 e. The molecule has 2 nitrogen and oxygen atoms in total. The van der Waals surface area contributed by atoms with Gasteiger partial charge in [0.15, 0.2) is 0 Å². The minimum absolute atomic E-state index is 0.791. The van der Waals surface area contributed by atoms with Gasteiger partial charge in [0, 0.05) is 22.1 Å². The van der Waals surface area contributed by atoms with E-state index in [4.69, 9.17) is 5.73 Å². The van der Waals surface area contributed by atoms with Gasteiger partial charge in [0.25, 0.3) is 0 Å². The molecule has 4 rings (SSSR count). The maximum absolute atomic E-state index is 6.01. The first-order valence-electron chi connectivity index (χ1n) is 7.10. The maximum atomic E-state index is 6.01. The second-order valence-electron chi connectivity index (χ2n) is 5.47. The summed E-state index contributed by atoms with van der Waals surface area (Å²) in [7, 11) is 0. The van der Waals surface area contributed by atoms with Crippen LogP contribution in [0.15, 0.2) is 66.7 Å². The number of benzene rings is 3. The van der Waals surface area contributed by atoms with Crippen LogP contribution in [0.25, 0.3) is 27.5 Å². The fourth-order valence-electron chi connectivity index (χ4n) is 3.00. The molecule has 0 aliphatic carbocycles. The quantitative estimate of drug-likeness (QED) is 0.501. The highest BCUT2D eigenvalue weighted by molar-refractivity contribution is 6.10. The number of hydrogen-bond donors (Lipinski definition) is 1. The lowest BCUT2D eigenvalue weighted by molar-refractivity contribution is 1.18. The van der Waals surface area contributed by atoms with Gasteiger partial charge in [-0.1, -0.05) is 36.4 Å². The van der Waals surface area contributed by atoms with Crippen LogP contribution in [0.4, 0.5) is 5.69 Å². The summed E-state index contributed by atoms with van der Waals surface area (Å²) in [6, 6.07) is 23.2. The van der Waals surface area contributed by atoms with E-state index in [9.17, 15) is 0 Å². The summed E-state index contributed by atoms with van der Waals surface area (Å²) in [4.78, 5) is 0. The molecule has 0 aliphatic heterocycles. The third-order valence-corrected chi connectivity index (χ3v) is 3.96. The van der Waals surface area contributed by atoms with Crippen LogP contribution in [0.1, 0.15) is 5.56 Å². The molecule has 0 saturated heterocycles. The molecular weight excluding hydrogens is 256 g/mol. The first kappa shape index (κ1) is 12.0. The van der Waals surface area contributed by atoms with Crippen LogP contribution in [-0.4, -0.2) is 4.57 Å². The van der Waals surface area contributed by atoms with E-state index >= 15 is 0 Å². The Balaban J connectivity index is 2.24. The van der Waals surface area contributed by atoms with Crippen LogP contribution in [0, 0.1) is 6.92 Å². The number of para-hydroxylation sites is 1. The number of fused-ring (bicyclic) bond motifs is 3. The first-order chi connectivity index (χ1) is 10.2. The molecule has 3 aromatic carbocycles. The minimum atomic E-state index is 0.791. The van der Waals surface area contributed by atoms with Crippen molar-refractivity contribution in [1.82, 2.24) is 4.57 Å². The first-order valence-corrected chi connectivity index (χ1v) is 7.10. The number of aromatic nitrogens is 1. The van der Waals surface area contributed by atoms with Crippen molar-refractivity contribution in [3.63, 3.8) is 0 Å². The Bertz CT molecular complexity index is 890. The highest BCUT2D eigenvalue weighted by Gasteiger charge is 2.12. The van der Waals surface area contributed by atoms with Crippen molar-refractivity contribution >= 4 is 27.5 Å². The lowest BCUT2D eigenvalue weighted by Crippen LogP contribution is -1.94. The number of nitrogens with zero attached hydrogens (tertiary/aromatic N) is 1. The molecule has 0 spiro atoms. The molecule has 0 aliphatic rings. The lowest BCUT2D eigenvalue weighted by Gasteiger charge is -2.08. The number of aryl methyl sites for hydroxylation is 1. The average molecular weight is 272 g/mol. The van der Waals surface area contributed by atoms with Gasteiger partial charge in [-0.25, -0.2) is 0 Å². The second kappa shape index (κ2) is 4.38. The molecule has 4 aromatic rings. The van der Waals surface area contributed by atoms with Gasteiger partial charge in [-0.2, -0.15) is 0 Å². The highest BCUT2D eigenvalue weighted by Crippen LogP contribution is 2.33. The van der Waals surface area contributed by atoms with E-state index in [2.05, 4.69) is 66.1 Å². The molecule has 2 N–H and O–H groups in total. The van der Waals surface area contributed by atoms with Crippen molar-refractivity contribution in [1.29, 1.82) is 0 Å². The van der Waals surface area contributed by atoms with Gasteiger partial charge in [-0.15, -0.1) is 0 Å². The van der Waals surface area contributed by atoms with Gasteiger partial charge in [0.1, 0.15) is 0 Å². The average Bonchev–Trinajstić information content (AvgIpc) is 2.80. The number of anilines is 1. The van der Waals surface area contributed by atoms with Crippen molar-refractivity contribution in [2.24, 2.45) is 0 Å². The number of nitrogen functional groups attached to an aromatic ring is 1.